The minimum absolute atomic E-state index is 0.596. The van der Waals surface area contributed by atoms with E-state index < -0.39 is 11.4 Å². The van der Waals surface area contributed by atoms with Crippen LogP contribution in [0.3, 0.4) is 0 Å². The highest BCUT2D eigenvalue weighted by atomic mass is 16.5. The van der Waals surface area contributed by atoms with Gasteiger partial charge in [-0.2, -0.15) is 0 Å². The summed E-state index contributed by atoms with van der Waals surface area (Å²) in [5, 5.41) is 9.29. The average Bonchev–Trinajstić information content (AvgIpc) is 2.39. The standard InChI is InChI=1S/C16H23NO3/c1-13-5-3-6-14(11-13)20-10-9-17-8-4-7-16(2,12-17)15(18)19/h3,5-6,11H,4,7-10,12H2,1-2H3,(H,18,19). The van der Waals surface area contributed by atoms with Gasteiger partial charge >= 0.3 is 5.97 Å². The van der Waals surface area contributed by atoms with Crippen LogP contribution in [0, 0.1) is 12.3 Å². The van der Waals surface area contributed by atoms with Crippen molar-refractivity contribution >= 4 is 5.97 Å². The minimum Gasteiger partial charge on any atom is -0.492 e. The third-order valence-electron chi connectivity index (χ3n) is 3.96. The Labute approximate surface area is 120 Å². The number of hydrogen-bond acceptors (Lipinski definition) is 3. The third-order valence-corrected chi connectivity index (χ3v) is 3.96. The molecule has 2 rings (SSSR count). The van der Waals surface area contributed by atoms with E-state index in [2.05, 4.69) is 4.90 Å². The lowest BCUT2D eigenvalue weighted by molar-refractivity contribution is -0.151. The fourth-order valence-corrected chi connectivity index (χ4v) is 2.71. The van der Waals surface area contributed by atoms with Gasteiger partial charge in [-0.25, -0.2) is 0 Å². The number of rotatable bonds is 5. The molecule has 0 spiro atoms. The Balaban J connectivity index is 1.81. The lowest BCUT2D eigenvalue weighted by atomic mass is 9.82. The largest absolute Gasteiger partial charge is 0.492 e. The van der Waals surface area contributed by atoms with Crippen LogP contribution in [0.1, 0.15) is 25.3 Å². The van der Waals surface area contributed by atoms with Gasteiger partial charge in [0.15, 0.2) is 0 Å². The highest BCUT2D eigenvalue weighted by Crippen LogP contribution is 2.29. The molecule has 1 unspecified atom stereocenters. The number of nitrogens with zero attached hydrogens (tertiary/aromatic N) is 1. The summed E-state index contributed by atoms with van der Waals surface area (Å²) in [5.74, 6) is 0.185. The molecule has 0 aliphatic carbocycles. The summed E-state index contributed by atoms with van der Waals surface area (Å²) in [6.07, 6.45) is 1.70. The molecule has 4 nitrogen and oxygen atoms in total. The summed E-state index contributed by atoms with van der Waals surface area (Å²) in [6.45, 7) is 6.81. The fraction of sp³-hybridized carbons (Fsp3) is 0.562. The minimum atomic E-state index is -0.693. The maximum absolute atomic E-state index is 11.3. The monoisotopic (exact) mass is 277 g/mol. The molecular formula is C16H23NO3. The first-order chi connectivity index (χ1) is 9.49. The molecule has 0 saturated carbocycles. The Hall–Kier alpha value is -1.55. The molecule has 20 heavy (non-hydrogen) atoms. The number of carboxylic acids is 1. The number of aryl methyl sites for hydroxylation is 1. The highest BCUT2D eigenvalue weighted by Gasteiger charge is 2.37. The summed E-state index contributed by atoms with van der Waals surface area (Å²) in [4.78, 5) is 13.5. The van der Waals surface area contributed by atoms with Crippen molar-refractivity contribution in [3.63, 3.8) is 0 Å². The molecule has 1 saturated heterocycles. The topological polar surface area (TPSA) is 49.8 Å². The number of carbonyl (C=O) groups is 1. The molecule has 0 bridgehead atoms. The quantitative estimate of drug-likeness (QED) is 0.898. The van der Waals surface area contributed by atoms with Crippen molar-refractivity contribution in [3.8, 4) is 5.75 Å². The van der Waals surface area contributed by atoms with Crippen molar-refractivity contribution in [1.82, 2.24) is 4.90 Å². The van der Waals surface area contributed by atoms with Crippen molar-refractivity contribution in [3.05, 3.63) is 29.8 Å². The normalized spacial score (nSPS) is 23.5. The van der Waals surface area contributed by atoms with E-state index in [-0.39, 0.29) is 0 Å². The van der Waals surface area contributed by atoms with Crippen LogP contribution < -0.4 is 4.74 Å². The molecule has 0 amide bonds. The smallest absolute Gasteiger partial charge is 0.310 e. The van der Waals surface area contributed by atoms with E-state index in [0.717, 1.165) is 31.7 Å². The molecule has 0 aromatic heterocycles. The molecule has 1 heterocycles. The van der Waals surface area contributed by atoms with Crippen LogP contribution in [-0.4, -0.2) is 42.2 Å². The second-order valence-corrected chi connectivity index (χ2v) is 5.91. The van der Waals surface area contributed by atoms with Gasteiger partial charge in [0, 0.05) is 13.1 Å². The number of hydrogen-bond donors (Lipinski definition) is 1. The Bertz CT molecular complexity index is 475. The lowest BCUT2D eigenvalue weighted by Crippen LogP contribution is -2.47. The first-order valence-electron chi connectivity index (χ1n) is 7.15. The number of carboxylic acid groups (broad SMARTS) is 1. The van der Waals surface area contributed by atoms with E-state index >= 15 is 0 Å². The average molecular weight is 277 g/mol. The van der Waals surface area contributed by atoms with Crippen LogP contribution >= 0.6 is 0 Å². The lowest BCUT2D eigenvalue weighted by Gasteiger charge is -2.37. The molecule has 1 aromatic carbocycles. The van der Waals surface area contributed by atoms with Crippen molar-refractivity contribution in [2.45, 2.75) is 26.7 Å². The van der Waals surface area contributed by atoms with E-state index in [1.807, 2.05) is 38.1 Å². The van der Waals surface area contributed by atoms with Crippen molar-refractivity contribution in [1.29, 1.82) is 0 Å². The summed E-state index contributed by atoms with van der Waals surface area (Å²) in [7, 11) is 0. The predicted molar refractivity (Wildman–Crippen MR) is 78.1 cm³/mol. The van der Waals surface area contributed by atoms with Gasteiger partial charge in [-0.05, 0) is 50.9 Å². The van der Waals surface area contributed by atoms with Gasteiger partial charge in [-0.3, -0.25) is 9.69 Å². The Morgan fingerprint density at radius 2 is 2.30 bits per heavy atom. The summed E-state index contributed by atoms with van der Waals surface area (Å²) < 4.78 is 5.73. The summed E-state index contributed by atoms with van der Waals surface area (Å²) in [5.41, 5.74) is 0.570. The summed E-state index contributed by atoms with van der Waals surface area (Å²) in [6, 6.07) is 7.98. The van der Waals surface area contributed by atoms with E-state index in [0.29, 0.717) is 13.2 Å². The van der Waals surface area contributed by atoms with E-state index in [4.69, 9.17) is 4.74 Å². The van der Waals surface area contributed by atoms with Gasteiger partial charge in [0.1, 0.15) is 12.4 Å². The van der Waals surface area contributed by atoms with Gasteiger partial charge in [-0.1, -0.05) is 12.1 Å². The molecule has 1 aliphatic rings. The zero-order valence-corrected chi connectivity index (χ0v) is 12.3. The van der Waals surface area contributed by atoms with Gasteiger partial charge in [0.2, 0.25) is 0 Å². The SMILES string of the molecule is Cc1cccc(OCCN2CCCC(C)(C(=O)O)C2)c1. The van der Waals surface area contributed by atoms with Gasteiger partial charge in [0.05, 0.1) is 5.41 Å². The number of aliphatic carboxylic acids is 1. The zero-order chi connectivity index (χ0) is 14.6. The van der Waals surface area contributed by atoms with Crippen LogP contribution in [0.25, 0.3) is 0 Å². The third kappa shape index (κ3) is 3.73. The Kier molecular flexibility index (Phi) is 4.65. The molecule has 1 aromatic rings. The predicted octanol–water partition coefficient (Wildman–Crippen LogP) is 2.56. The van der Waals surface area contributed by atoms with Crippen molar-refractivity contribution < 1.29 is 14.6 Å². The maximum atomic E-state index is 11.3. The first-order valence-corrected chi connectivity index (χ1v) is 7.15. The molecule has 0 radical (unpaired) electrons. The second-order valence-electron chi connectivity index (χ2n) is 5.91. The number of likely N-dealkylation sites (tertiary alicyclic amines) is 1. The van der Waals surface area contributed by atoms with E-state index in [9.17, 15) is 9.90 Å². The van der Waals surface area contributed by atoms with Crippen LogP contribution in [0.2, 0.25) is 0 Å². The van der Waals surface area contributed by atoms with E-state index in [1.165, 1.54) is 5.56 Å². The molecule has 1 aliphatic heterocycles. The Morgan fingerprint density at radius 1 is 1.50 bits per heavy atom. The van der Waals surface area contributed by atoms with Crippen LogP contribution in [-0.2, 0) is 4.79 Å². The fourth-order valence-electron chi connectivity index (χ4n) is 2.71. The number of piperidine rings is 1. The molecule has 1 fully saturated rings. The van der Waals surface area contributed by atoms with Crippen LogP contribution in [0.15, 0.2) is 24.3 Å². The van der Waals surface area contributed by atoms with Gasteiger partial charge < -0.3 is 9.84 Å². The molecule has 1 N–H and O–H groups in total. The molecule has 110 valence electrons. The first kappa shape index (κ1) is 14.9. The van der Waals surface area contributed by atoms with Crippen molar-refractivity contribution in [2.75, 3.05) is 26.2 Å². The Morgan fingerprint density at radius 3 is 3.00 bits per heavy atom. The molecule has 1 atom stereocenters. The molecule has 4 heteroatoms. The number of benzene rings is 1. The van der Waals surface area contributed by atoms with E-state index in [1.54, 1.807) is 0 Å². The number of ether oxygens (including phenoxy) is 1. The van der Waals surface area contributed by atoms with Crippen molar-refractivity contribution in [2.24, 2.45) is 5.41 Å². The second kappa shape index (κ2) is 6.27. The summed E-state index contributed by atoms with van der Waals surface area (Å²) >= 11 is 0. The highest BCUT2D eigenvalue weighted by molar-refractivity contribution is 5.74. The van der Waals surface area contributed by atoms with Gasteiger partial charge in [0.25, 0.3) is 0 Å². The maximum Gasteiger partial charge on any atom is 0.310 e. The van der Waals surface area contributed by atoms with Gasteiger partial charge in [-0.15, -0.1) is 0 Å². The molecular weight excluding hydrogens is 254 g/mol. The van der Waals surface area contributed by atoms with Crippen LogP contribution in [0.4, 0.5) is 0 Å². The van der Waals surface area contributed by atoms with Crippen LogP contribution in [0.5, 0.6) is 5.75 Å². The zero-order valence-electron chi connectivity index (χ0n) is 12.3.